The van der Waals surface area contributed by atoms with Crippen molar-refractivity contribution < 1.29 is 14.0 Å². The second kappa shape index (κ2) is 12.8. The number of fused-ring (bicyclic) bond motifs is 1. The summed E-state index contributed by atoms with van der Waals surface area (Å²) in [6.07, 6.45) is 4.83. The molecule has 0 saturated heterocycles. The third-order valence-electron chi connectivity index (χ3n) is 8.45. The van der Waals surface area contributed by atoms with Gasteiger partial charge in [0.15, 0.2) is 8.32 Å². The van der Waals surface area contributed by atoms with Gasteiger partial charge >= 0.3 is 7.41 Å². The molecule has 0 bridgehead atoms. The molecule has 12 heteroatoms. The quantitative estimate of drug-likeness (QED) is 0.177. The third kappa shape index (κ3) is 6.90. The summed E-state index contributed by atoms with van der Waals surface area (Å²) in [6.45, 7) is 15.2. The molecule has 4 rings (SSSR count). The lowest BCUT2D eigenvalue weighted by Crippen LogP contribution is -2.46. The molecule has 0 spiro atoms. The minimum atomic E-state index is -2.07. The molecule has 0 unspecified atom stereocenters. The van der Waals surface area contributed by atoms with Crippen molar-refractivity contribution in [3.63, 3.8) is 0 Å². The minimum absolute atomic E-state index is 0.0370. The summed E-state index contributed by atoms with van der Waals surface area (Å²) in [7, 11) is 1.04. The summed E-state index contributed by atoms with van der Waals surface area (Å²) in [5.41, 5.74) is 3.12. The zero-order valence-electron chi connectivity index (χ0n) is 26.1. The molecular formula is C31H40BN6O4Si. The first-order valence-electron chi connectivity index (χ1n) is 14.4. The van der Waals surface area contributed by atoms with E-state index in [1.165, 1.54) is 7.41 Å². The van der Waals surface area contributed by atoms with E-state index < -0.39 is 13.7 Å². The second-order valence-electron chi connectivity index (χ2n) is 12.7. The van der Waals surface area contributed by atoms with E-state index in [9.17, 15) is 14.9 Å². The SMILES string of the molecule is COCCCn1cccc(Nc2nccc(-c3cc(C#N)c4c(c3)[C@@](C)(CO[Si](C)(C)C(C)(C)C)CN4[B]C=O)n2)c1=O. The molecule has 3 aromatic rings. The first kappa shape index (κ1) is 32.1. The van der Waals surface area contributed by atoms with Crippen LogP contribution < -0.4 is 15.7 Å². The summed E-state index contributed by atoms with van der Waals surface area (Å²) in [4.78, 5) is 35.5. The standard InChI is InChI=1S/C31H40BN6O4Si/c1-30(2,3)43(6,7)42-20-31(4)19-38(32-21-39)27-23(18-33)16-22(17-24(27)31)25-11-12-34-29(35-25)36-26-10-8-13-37(28(26)40)14-9-15-41-5/h8,10-13,16-17,21H,9,14-15,19-20H2,1-7H3,(H,34,35,36)/t31-/m1/s1. The number of aromatic nitrogens is 3. The molecule has 43 heavy (non-hydrogen) atoms. The number of carbonyl (C=O) groups is 1. The molecule has 1 aromatic carbocycles. The van der Waals surface area contributed by atoms with Crippen molar-refractivity contribution in [2.75, 3.05) is 37.0 Å². The maximum absolute atomic E-state index is 13.0. The lowest BCUT2D eigenvalue weighted by Gasteiger charge is -2.39. The number of aryl methyl sites for hydroxylation is 1. The van der Waals surface area contributed by atoms with E-state index in [0.29, 0.717) is 55.4 Å². The Hall–Kier alpha value is -3.79. The minimum Gasteiger partial charge on any atom is -0.416 e. The van der Waals surface area contributed by atoms with Crippen LogP contribution >= 0.6 is 0 Å². The number of nitrogens with zero attached hydrogens (tertiary/aromatic N) is 5. The zero-order chi connectivity index (χ0) is 31.4. The molecule has 1 radical (unpaired) electrons. The van der Waals surface area contributed by atoms with E-state index in [1.807, 2.05) is 10.9 Å². The van der Waals surface area contributed by atoms with Crippen LogP contribution in [0, 0.1) is 11.3 Å². The van der Waals surface area contributed by atoms with Crippen LogP contribution in [-0.4, -0.2) is 63.3 Å². The summed E-state index contributed by atoms with van der Waals surface area (Å²) < 4.78 is 13.4. The van der Waals surface area contributed by atoms with Gasteiger partial charge in [-0.2, -0.15) is 5.26 Å². The molecule has 10 nitrogen and oxygen atoms in total. The fraction of sp³-hybridized carbons (Fsp3) is 0.452. The average molecular weight is 600 g/mol. The van der Waals surface area contributed by atoms with E-state index in [1.54, 1.807) is 48.3 Å². The van der Waals surface area contributed by atoms with E-state index >= 15 is 0 Å². The van der Waals surface area contributed by atoms with Crippen molar-refractivity contribution in [3.8, 4) is 17.3 Å². The van der Waals surface area contributed by atoms with Crippen molar-refractivity contribution in [2.24, 2.45) is 0 Å². The zero-order valence-corrected chi connectivity index (χ0v) is 27.1. The maximum atomic E-state index is 13.0. The smallest absolute Gasteiger partial charge is 0.329 e. The number of methoxy groups -OCH3 is 1. The molecule has 3 heterocycles. The molecule has 0 saturated carbocycles. The number of benzene rings is 1. The van der Waals surface area contributed by atoms with Crippen molar-refractivity contribution in [3.05, 3.63) is 64.2 Å². The van der Waals surface area contributed by atoms with Crippen LogP contribution in [0.3, 0.4) is 0 Å². The number of carbonyl (C=O) groups excluding carboxylic acids is 1. The number of hydrogen-bond donors (Lipinski definition) is 1. The topological polar surface area (TPSA) is 122 Å². The average Bonchev–Trinajstić information content (AvgIpc) is 3.25. The molecule has 1 atom stereocenters. The van der Waals surface area contributed by atoms with Crippen molar-refractivity contribution >= 4 is 39.2 Å². The lowest BCUT2D eigenvalue weighted by molar-refractivity contribution is 0.190. The van der Waals surface area contributed by atoms with Gasteiger partial charge in [-0.3, -0.25) is 4.79 Å². The van der Waals surface area contributed by atoms with Crippen molar-refractivity contribution in [1.82, 2.24) is 14.5 Å². The van der Waals surface area contributed by atoms with Crippen molar-refractivity contribution in [1.29, 1.82) is 5.26 Å². The molecule has 1 aliphatic rings. The molecule has 1 N–H and O–H groups in total. The predicted molar refractivity (Wildman–Crippen MR) is 173 cm³/mol. The molecule has 0 fully saturated rings. The van der Waals surface area contributed by atoms with Crippen molar-refractivity contribution in [2.45, 2.75) is 64.2 Å². The Kier molecular flexibility index (Phi) is 9.59. The number of ether oxygens (including phenoxy) is 1. The van der Waals surface area contributed by atoms with Gasteiger partial charge in [-0.05, 0) is 60.4 Å². The molecule has 2 aromatic heterocycles. The van der Waals surface area contributed by atoms with Gasteiger partial charge < -0.3 is 28.7 Å². The third-order valence-corrected chi connectivity index (χ3v) is 12.9. The summed E-state index contributed by atoms with van der Waals surface area (Å²) in [5.74, 6) is 0.267. The summed E-state index contributed by atoms with van der Waals surface area (Å²) in [6, 6.07) is 11.4. The highest BCUT2D eigenvalue weighted by Crippen LogP contribution is 2.46. The Bertz CT molecular complexity index is 1580. The molecule has 0 aliphatic carbocycles. The largest absolute Gasteiger partial charge is 0.416 e. The first-order chi connectivity index (χ1) is 20.3. The Morgan fingerprint density at radius 3 is 2.72 bits per heavy atom. The van der Waals surface area contributed by atoms with Gasteiger partial charge in [0.2, 0.25) is 5.95 Å². The first-order valence-corrected chi connectivity index (χ1v) is 17.3. The van der Waals surface area contributed by atoms with E-state index in [2.05, 4.69) is 57.2 Å². The van der Waals surface area contributed by atoms with E-state index in [4.69, 9.17) is 14.1 Å². The number of anilines is 3. The van der Waals surface area contributed by atoms with Crippen LogP contribution in [0.5, 0.6) is 0 Å². The monoisotopic (exact) mass is 599 g/mol. The van der Waals surface area contributed by atoms with Gasteiger partial charge in [-0.15, -0.1) is 0 Å². The van der Waals surface area contributed by atoms with Gasteiger partial charge in [0, 0.05) is 62.5 Å². The molecule has 0 amide bonds. The highest BCUT2D eigenvalue weighted by atomic mass is 28.4. The van der Waals surface area contributed by atoms with Gasteiger partial charge in [0.25, 0.3) is 5.56 Å². The Labute approximate surface area is 255 Å². The number of nitrogens with one attached hydrogen (secondary N) is 1. The van der Waals surface area contributed by atoms with Crippen LogP contribution in [-0.2, 0) is 25.9 Å². The van der Waals surface area contributed by atoms with E-state index in [-0.39, 0.29) is 16.5 Å². The van der Waals surface area contributed by atoms with Gasteiger partial charge in [0.05, 0.1) is 11.3 Å². The van der Waals surface area contributed by atoms with Crippen LogP contribution in [0.15, 0.2) is 47.5 Å². The van der Waals surface area contributed by atoms with Crippen LogP contribution in [0.2, 0.25) is 18.1 Å². The molecule has 1 aliphatic heterocycles. The van der Waals surface area contributed by atoms with Gasteiger partial charge in [-0.1, -0.05) is 27.7 Å². The fourth-order valence-corrected chi connectivity index (χ4v) is 6.06. The van der Waals surface area contributed by atoms with Crippen LogP contribution in [0.4, 0.5) is 17.3 Å². The van der Waals surface area contributed by atoms with Crippen LogP contribution in [0.25, 0.3) is 11.3 Å². The Morgan fingerprint density at radius 1 is 1.28 bits per heavy atom. The normalized spacial score (nSPS) is 16.5. The molecule has 225 valence electrons. The van der Waals surface area contributed by atoms with Gasteiger partial charge in [-0.25, -0.2) is 9.97 Å². The maximum Gasteiger partial charge on any atom is 0.329 e. The summed E-state index contributed by atoms with van der Waals surface area (Å²) in [5, 5.41) is 13.3. The Morgan fingerprint density at radius 2 is 2.05 bits per heavy atom. The predicted octanol–water partition coefficient (Wildman–Crippen LogP) is 4.87. The highest BCUT2D eigenvalue weighted by molar-refractivity contribution is 6.74. The second-order valence-corrected chi connectivity index (χ2v) is 17.5. The molecular weight excluding hydrogens is 559 g/mol. The summed E-state index contributed by atoms with van der Waals surface area (Å²) >= 11 is 0. The fourth-order valence-electron chi connectivity index (χ4n) is 4.95. The van der Waals surface area contributed by atoms with Gasteiger partial charge in [0.1, 0.15) is 17.9 Å². The number of pyridine rings is 1. The Balaban J connectivity index is 1.70. The number of hydrogen-bond acceptors (Lipinski definition) is 9. The lowest BCUT2D eigenvalue weighted by atomic mass is 9.83. The van der Waals surface area contributed by atoms with E-state index in [0.717, 1.165) is 17.3 Å². The number of nitriles is 1. The highest BCUT2D eigenvalue weighted by Gasteiger charge is 2.44. The van der Waals surface area contributed by atoms with Crippen LogP contribution in [0.1, 0.15) is 45.2 Å². The number of rotatable bonds is 12.